The molecule has 26 heavy (non-hydrogen) atoms. The summed E-state index contributed by atoms with van der Waals surface area (Å²) >= 11 is 0. The lowest BCUT2D eigenvalue weighted by Crippen LogP contribution is -2.14. The Hall–Kier alpha value is -2.30. The van der Waals surface area contributed by atoms with E-state index >= 15 is 0 Å². The van der Waals surface area contributed by atoms with Gasteiger partial charge in [-0.15, -0.1) is 0 Å². The average molecular weight is 359 g/mol. The van der Waals surface area contributed by atoms with Gasteiger partial charge in [-0.25, -0.2) is 4.79 Å². The molecule has 0 N–H and O–H groups in total. The zero-order valence-electron chi connectivity index (χ0n) is 14.9. The van der Waals surface area contributed by atoms with Gasteiger partial charge in [0.05, 0.1) is 5.56 Å². The van der Waals surface area contributed by atoms with Gasteiger partial charge in [-0.2, -0.15) is 13.8 Å². The SMILES string of the molecule is CCC[C@H]1CC[C@H](c2ccc(C(=O)Oc3ccc(F)nc3F)cc2)CC1. The van der Waals surface area contributed by atoms with Gasteiger partial charge in [0.1, 0.15) is 0 Å². The molecule has 0 bridgehead atoms. The highest BCUT2D eigenvalue weighted by atomic mass is 19.1. The molecule has 0 unspecified atom stereocenters. The fourth-order valence-electron chi connectivity index (χ4n) is 3.72. The van der Waals surface area contributed by atoms with Crippen molar-refractivity contribution >= 4 is 5.97 Å². The van der Waals surface area contributed by atoms with Crippen molar-refractivity contribution in [3.05, 3.63) is 59.4 Å². The van der Waals surface area contributed by atoms with E-state index in [1.54, 1.807) is 12.1 Å². The van der Waals surface area contributed by atoms with E-state index in [2.05, 4.69) is 11.9 Å². The number of nitrogens with zero attached hydrogens (tertiary/aromatic N) is 1. The molecule has 1 aliphatic rings. The van der Waals surface area contributed by atoms with Gasteiger partial charge in [-0.1, -0.05) is 31.9 Å². The third-order valence-electron chi connectivity index (χ3n) is 5.14. The lowest BCUT2D eigenvalue weighted by Gasteiger charge is -2.28. The van der Waals surface area contributed by atoms with Crippen LogP contribution in [0, 0.1) is 17.8 Å². The molecule has 1 aliphatic carbocycles. The number of hydrogen-bond donors (Lipinski definition) is 0. The summed E-state index contributed by atoms with van der Waals surface area (Å²) in [5.74, 6) is -1.78. The van der Waals surface area contributed by atoms with Gasteiger partial charge in [0.25, 0.3) is 5.95 Å². The van der Waals surface area contributed by atoms with Crippen LogP contribution in [0.25, 0.3) is 0 Å². The number of rotatable bonds is 5. The summed E-state index contributed by atoms with van der Waals surface area (Å²) in [5.41, 5.74) is 1.56. The fourth-order valence-corrected chi connectivity index (χ4v) is 3.72. The van der Waals surface area contributed by atoms with Crippen LogP contribution in [0.4, 0.5) is 8.78 Å². The number of carbonyl (C=O) groups is 1. The maximum atomic E-state index is 13.5. The molecule has 0 spiro atoms. The van der Waals surface area contributed by atoms with Gasteiger partial charge >= 0.3 is 5.97 Å². The monoisotopic (exact) mass is 359 g/mol. The molecule has 138 valence electrons. The normalized spacial score (nSPS) is 20.0. The second-order valence-electron chi connectivity index (χ2n) is 6.94. The zero-order chi connectivity index (χ0) is 18.5. The molecule has 1 saturated carbocycles. The molecule has 1 aromatic heterocycles. The highest BCUT2D eigenvalue weighted by Gasteiger charge is 2.22. The maximum Gasteiger partial charge on any atom is 0.343 e. The molecule has 3 rings (SSSR count). The summed E-state index contributed by atoms with van der Waals surface area (Å²) < 4.78 is 31.3. The van der Waals surface area contributed by atoms with Crippen molar-refractivity contribution in [2.45, 2.75) is 51.4 Å². The van der Waals surface area contributed by atoms with Gasteiger partial charge in [-0.3, -0.25) is 0 Å². The number of ether oxygens (including phenoxy) is 1. The standard InChI is InChI=1S/C21H23F2NO2/c1-2-3-14-4-6-15(7-5-14)16-8-10-17(11-9-16)21(25)26-18-12-13-19(22)24-20(18)23/h8-15H,2-7H2,1H3/t14-,15-. The smallest absolute Gasteiger partial charge is 0.343 e. The molecular weight excluding hydrogens is 336 g/mol. The van der Waals surface area contributed by atoms with E-state index in [-0.39, 0.29) is 5.75 Å². The molecule has 0 atom stereocenters. The molecule has 0 aliphatic heterocycles. The fraction of sp³-hybridized carbons (Fsp3) is 0.429. The lowest BCUT2D eigenvalue weighted by molar-refractivity contribution is 0.0725. The second-order valence-corrected chi connectivity index (χ2v) is 6.94. The summed E-state index contributed by atoms with van der Waals surface area (Å²) in [4.78, 5) is 15.1. The highest BCUT2D eigenvalue weighted by Crippen LogP contribution is 2.37. The third kappa shape index (κ3) is 4.45. The van der Waals surface area contributed by atoms with Crippen molar-refractivity contribution in [3.8, 4) is 5.75 Å². The van der Waals surface area contributed by atoms with Gasteiger partial charge in [0, 0.05) is 0 Å². The summed E-state index contributed by atoms with van der Waals surface area (Å²) in [5, 5.41) is 0. The summed E-state index contributed by atoms with van der Waals surface area (Å²) in [6, 6.07) is 9.29. The van der Waals surface area contributed by atoms with Crippen molar-refractivity contribution in [2.75, 3.05) is 0 Å². The van der Waals surface area contributed by atoms with Crippen LogP contribution in [-0.2, 0) is 0 Å². The quantitative estimate of drug-likeness (QED) is 0.511. The Labute approximate surface area is 152 Å². The number of carbonyl (C=O) groups excluding carboxylic acids is 1. The zero-order valence-corrected chi connectivity index (χ0v) is 14.9. The Morgan fingerprint density at radius 2 is 1.77 bits per heavy atom. The number of aromatic nitrogens is 1. The van der Waals surface area contributed by atoms with E-state index in [1.807, 2.05) is 12.1 Å². The first-order chi connectivity index (χ1) is 12.6. The van der Waals surface area contributed by atoms with E-state index in [0.717, 1.165) is 18.1 Å². The Morgan fingerprint density at radius 3 is 2.38 bits per heavy atom. The Kier molecular flexibility index (Phi) is 5.96. The minimum Gasteiger partial charge on any atom is -0.418 e. The maximum absolute atomic E-state index is 13.5. The van der Waals surface area contributed by atoms with Gasteiger partial charge in [0.2, 0.25) is 5.95 Å². The molecule has 1 heterocycles. The molecule has 1 fully saturated rings. The first-order valence-electron chi connectivity index (χ1n) is 9.21. The Morgan fingerprint density at radius 1 is 1.08 bits per heavy atom. The first-order valence-corrected chi connectivity index (χ1v) is 9.21. The molecule has 0 radical (unpaired) electrons. The average Bonchev–Trinajstić information content (AvgIpc) is 2.65. The molecular formula is C21H23F2NO2. The third-order valence-corrected chi connectivity index (χ3v) is 5.14. The number of benzene rings is 1. The lowest BCUT2D eigenvalue weighted by atomic mass is 9.77. The van der Waals surface area contributed by atoms with Crippen LogP contribution in [0.3, 0.4) is 0 Å². The molecule has 5 heteroatoms. The highest BCUT2D eigenvalue weighted by molar-refractivity contribution is 5.91. The van der Waals surface area contributed by atoms with Gasteiger partial charge < -0.3 is 4.74 Å². The van der Waals surface area contributed by atoms with Crippen molar-refractivity contribution in [1.29, 1.82) is 0 Å². The molecule has 0 saturated heterocycles. The van der Waals surface area contributed by atoms with E-state index in [9.17, 15) is 13.6 Å². The predicted octanol–water partition coefficient (Wildman–Crippen LogP) is 5.65. The number of halogens is 2. The largest absolute Gasteiger partial charge is 0.418 e. The van der Waals surface area contributed by atoms with Crippen LogP contribution >= 0.6 is 0 Å². The summed E-state index contributed by atoms with van der Waals surface area (Å²) in [6.07, 6.45) is 7.45. The number of hydrogen-bond acceptors (Lipinski definition) is 3. The van der Waals surface area contributed by atoms with Crippen LogP contribution in [0.5, 0.6) is 5.75 Å². The van der Waals surface area contributed by atoms with Crippen LogP contribution in [-0.4, -0.2) is 11.0 Å². The van der Waals surface area contributed by atoms with Crippen LogP contribution < -0.4 is 4.74 Å². The summed E-state index contributed by atoms with van der Waals surface area (Å²) in [7, 11) is 0. The van der Waals surface area contributed by atoms with Gasteiger partial charge in [0.15, 0.2) is 5.75 Å². The Bertz CT molecular complexity index is 753. The van der Waals surface area contributed by atoms with Crippen molar-refractivity contribution in [2.24, 2.45) is 5.92 Å². The van der Waals surface area contributed by atoms with Crippen LogP contribution in [0.1, 0.15) is 67.3 Å². The van der Waals surface area contributed by atoms with E-state index in [0.29, 0.717) is 11.5 Å². The number of pyridine rings is 1. The van der Waals surface area contributed by atoms with Gasteiger partial charge in [-0.05, 0) is 67.3 Å². The minimum absolute atomic E-state index is 0.331. The van der Waals surface area contributed by atoms with Crippen LogP contribution in [0.15, 0.2) is 36.4 Å². The second kappa shape index (κ2) is 8.39. The van der Waals surface area contributed by atoms with Crippen molar-refractivity contribution in [1.82, 2.24) is 4.98 Å². The molecule has 2 aromatic rings. The summed E-state index contributed by atoms with van der Waals surface area (Å²) in [6.45, 7) is 2.23. The molecule has 0 amide bonds. The van der Waals surface area contributed by atoms with E-state index in [4.69, 9.17) is 4.74 Å². The van der Waals surface area contributed by atoms with Crippen molar-refractivity contribution < 1.29 is 18.3 Å². The first kappa shape index (κ1) is 18.5. The topological polar surface area (TPSA) is 39.2 Å². The van der Waals surface area contributed by atoms with Crippen LogP contribution in [0.2, 0.25) is 0 Å². The molecule has 1 aromatic carbocycles. The van der Waals surface area contributed by atoms with E-state index < -0.39 is 17.9 Å². The Balaban J connectivity index is 1.61. The minimum atomic E-state index is -1.14. The molecule has 3 nitrogen and oxygen atoms in total. The van der Waals surface area contributed by atoms with Crippen molar-refractivity contribution in [3.63, 3.8) is 0 Å². The number of esters is 1. The van der Waals surface area contributed by atoms with E-state index in [1.165, 1.54) is 44.1 Å². The predicted molar refractivity (Wildman–Crippen MR) is 95.2 cm³/mol.